The maximum Gasteiger partial charge on any atom is 0.126 e. The van der Waals surface area contributed by atoms with Crippen LogP contribution in [0.2, 0.25) is 0 Å². The van der Waals surface area contributed by atoms with Crippen molar-refractivity contribution >= 4 is 0 Å². The molecule has 0 aliphatic heterocycles. The Hall–Kier alpha value is -1.22. The van der Waals surface area contributed by atoms with Gasteiger partial charge in [-0.15, -0.1) is 0 Å². The van der Waals surface area contributed by atoms with Crippen molar-refractivity contribution in [3.8, 4) is 11.5 Å². The van der Waals surface area contributed by atoms with E-state index in [1.165, 1.54) is 5.56 Å². The lowest BCUT2D eigenvalue weighted by molar-refractivity contribution is 0.402. The first-order chi connectivity index (χ1) is 6.76. The molecule has 0 spiro atoms. The molecular formula is C11H15NO2. The highest BCUT2D eigenvalue weighted by Crippen LogP contribution is 2.50. The number of phenols is 1. The smallest absolute Gasteiger partial charge is 0.126 e. The molecule has 1 fully saturated rings. The van der Waals surface area contributed by atoms with Gasteiger partial charge in [-0.2, -0.15) is 0 Å². The maximum absolute atomic E-state index is 9.29. The highest BCUT2D eigenvalue weighted by molar-refractivity contribution is 5.44. The summed E-state index contributed by atoms with van der Waals surface area (Å²) in [5, 5.41) is 9.29. The zero-order chi connectivity index (χ0) is 10.1. The van der Waals surface area contributed by atoms with Crippen LogP contribution in [0.25, 0.3) is 0 Å². The Labute approximate surface area is 83.5 Å². The molecule has 3 N–H and O–H groups in total. The number of hydrogen-bond donors (Lipinski definition) is 2. The van der Waals surface area contributed by atoms with Gasteiger partial charge in [0.05, 0.1) is 7.11 Å². The van der Waals surface area contributed by atoms with Crippen LogP contribution in [0.15, 0.2) is 18.2 Å². The minimum Gasteiger partial charge on any atom is -0.508 e. The van der Waals surface area contributed by atoms with Crippen molar-refractivity contribution in [1.82, 2.24) is 0 Å². The van der Waals surface area contributed by atoms with Gasteiger partial charge < -0.3 is 15.6 Å². The third-order valence-corrected chi connectivity index (χ3v) is 2.84. The minimum atomic E-state index is 0.246. The molecule has 1 aromatic carbocycles. The second-order valence-corrected chi connectivity index (χ2v) is 3.76. The van der Waals surface area contributed by atoms with Gasteiger partial charge in [0.2, 0.25) is 0 Å². The van der Waals surface area contributed by atoms with Crippen molar-refractivity contribution in [3.63, 3.8) is 0 Å². The fourth-order valence-corrected chi connectivity index (χ4v) is 1.90. The second-order valence-electron chi connectivity index (χ2n) is 3.76. The minimum absolute atomic E-state index is 0.246. The first kappa shape index (κ1) is 9.34. The van der Waals surface area contributed by atoms with Gasteiger partial charge in [0, 0.05) is 6.07 Å². The van der Waals surface area contributed by atoms with Crippen LogP contribution in [0.5, 0.6) is 11.5 Å². The molecule has 1 aromatic rings. The molecule has 0 saturated heterocycles. The van der Waals surface area contributed by atoms with Crippen molar-refractivity contribution in [1.29, 1.82) is 0 Å². The number of phenolic OH excluding ortho intramolecular Hbond substituents is 1. The average Bonchev–Trinajstić information content (AvgIpc) is 2.96. The van der Waals surface area contributed by atoms with Gasteiger partial charge in [-0.3, -0.25) is 0 Å². The molecular weight excluding hydrogens is 178 g/mol. The van der Waals surface area contributed by atoms with Crippen LogP contribution in [-0.2, 0) is 0 Å². The quantitative estimate of drug-likeness (QED) is 0.764. The molecule has 14 heavy (non-hydrogen) atoms. The molecule has 1 aliphatic rings. The van der Waals surface area contributed by atoms with Crippen LogP contribution in [0.4, 0.5) is 0 Å². The number of aromatic hydroxyl groups is 1. The standard InChI is InChI=1S/C11H15NO2/c1-14-11-5-8(13)2-3-9(11)10-4-7(10)6-12/h2-3,5,7,10,13H,4,6,12H2,1H3. The summed E-state index contributed by atoms with van der Waals surface area (Å²) in [5.74, 6) is 2.13. The number of ether oxygens (including phenoxy) is 1. The summed E-state index contributed by atoms with van der Waals surface area (Å²) in [6.07, 6.45) is 1.14. The first-order valence-electron chi connectivity index (χ1n) is 4.83. The topological polar surface area (TPSA) is 55.5 Å². The van der Waals surface area contributed by atoms with Crippen LogP contribution in [0.3, 0.4) is 0 Å². The Morgan fingerprint density at radius 2 is 2.36 bits per heavy atom. The largest absolute Gasteiger partial charge is 0.508 e. The van der Waals surface area contributed by atoms with Gasteiger partial charge in [-0.05, 0) is 36.4 Å². The Balaban J connectivity index is 2.25. The van der Waals surface area contributed by atoms with Crippen molar-refractivity contribution < 1.29 is 9.84 Å². The lowest BCUT2D eigenvalue weighted by Gasteiger charge is -2.08. The molecule has 0 heterocycles. The number of methoxy groups -OCH3 is 1. The van der Waals surface area contributed by atoms with Gasteiger partial charge in [0.15, 0.2) is 0 Å². The summed E-state index contributed by atoms with van der Waals surface area (Å²) in [7, 11) is 1.62. The van der Waals surface area contributed by atoms with E-state index in [9.17, 15) is 5.11 Å². The van der Waals surface area contributed by atoms with Gasteiger partial charge in [0.25, 0.3) is 0 Å². The van der Waals surface area contributed by atoms with Gasteiger partial charge in [-0.25, -0.2) is 0 Å². The predicted molar refractivity (Wildman–Crippen MR) is 54.6 cm³/mol. The molecule has 0 aromatic heterocycles. The highest BCUT2D eigenvalue weighted by Gasteiger charge is 2.38. The van der Waals surface area contributed by atoms with Crippen LogP contribution in [0, 0.1) is 5.92 Å². The van der Waals surface area contributed by atoms with Crippen molar-refractivity contribution in [2.75, 3.05) is 13.7 Å². The Morgan fingerprint density at radius 1 is 1.57 bits per heavy atom. The Bertz CT molecular complexity index is 338. The molecule has 76 valence electrons. The summed E-state index contributed by atoms with van der Waals surface area (Å²) in [6.45, 7) is 0.731. The van der Waals surface area contributed by atoms with E-state index >= 15 is 0 Å². The Morgan fingerprint density at radius 3 is 2.93 bits per heavy atom. The maximum atomic E-state index is 9.29. The molecule has 1 saturated carbocycles. The molecule has 2 atom stereocenters. The van der Waals surface area contributed by atoms with E-state index in [2.05, 4.69) is 0 Å². The van der Waals surface area contributed by atoms with Gasteiger partial charge in [-0.1, -0.05) is 6.07 Å². The summed E-state index contributed by atoms with van der Waals surface area (Å²) in [6, 6.07) is 5.28. The van der Waals surface area contributed by atoms with E-state index in [1.54, 1.807) is 19.2 Å². The number of nitrogens with two attached hydrogens (primary N) is 1. The molecule has 0 amide bonds. The van der Waals surface area contributed by atoms with Gasteiger partial charge >= 0.3 is 0 Å². The zero-order valence-corrected chi connectivity index (χ0v) is 8.23. The molecule has 2 unspecified atom stereocenters. The SMILES string of the molecule is COc1cc(O)ccc1C1CC1CN. The third kappa shape index (κ3) is 1.55. The number of hydrogen-bond acceptors (Lipinski definition) is 3. The summed E-state index contributed by atoms with van der Waals surface area (Å²) in [5.41, 5.74) is 6.76. The zero-order valence-electron chi connectivity index (χ0n) is 8.23. The van der Waals surface area contributed by atoms with Crippen molar-refractivity contribution in [3.05, 3.63) is 23.8 Å². The summed E-state index contributed by atoms with van der Waals surface area (Å²) >= 11 is 0. The van der Waals surface area contributed by atoms with Crippen LogP contribution in [0.1, 0.15) is 17.9 Å². The summed E-state index contributed by atoms with van der Waals surface area (Å²) < 4.78 is 5.22. The highest BCUT2D eigenvalue weighted by atomic mass is 16.5. The van der Waals surface area contributed by atoms with E-state index < -0.39 is 0 Å². The number of rotatable bonds is 3. The fourth-order valence-electron chi connectivity index (χ4n) is 1.90. The average molecular weight is 193 g/mol. The first-order valence-corrected chi connectivity index (χ1v) is 4.83. The molecule has 2 rings (SSSR count). The van der Waals surface area contributed by atoms with Crippen LogP contribution >= 0.6 is 0 Å². The predicted octanol–water partition coefficient (Wildman–Crippen LogP) is 1.46. The van der Waals surface area contributed by atoms with E-state index in [0.29, 0.717) is 11.8 Å². The lowest BCUT2D eigenvalue weighted by Crippen LogP contribution is -2.02. The normalized spacial score (nSPS) is 24.7. The lowest BCUT2D eigenvalue weighted by atomic mass is 10.1. The molecule has 0 radical (unpaired) electrons. The molecule has 0 bridgehead atoms. The van der Waals surface area contributed by atoms with E-state index in [1.807, 2.05) is 6.07 Å². The Kier molecular flexibility index (Phi) is 2.33. The number of benzene rings is 1. The van der Waals surface area contributed by atoms with Crippen molar-refractivity contribution in [2.45, 2.75) is 12.3 Å². The monoisotopic (exact) mass is 193 g/mol. The molecule has 3 heteroatoms. The van der Waals surface area contributed by atoms with Crippen LogP contribution in [-0.4, -0.2) is 18.8 Å². The van der Waals surface area contributed by atoms with Crippen LogP contribution < -0.4 is 10.5 Å². The summed E-state index contributed by atoms with van der Waals surface area (Å²) in [4.78, 5) is 0. The molecule has 3 nitrogen and oxygen atoms in total. The third-order valence-electron chi connectivity index (χ3n) is 2.84. The van der Waals surface area contributed by atoms with Gasteiger partial charge in [0.1, 0.15) is 11.5 Å². The molecule has 1 aliphatic carbocycles. The van der Waals surface area contributed by atoms with Crippen molar-refractivity contribution in [2.24, 2.45) is 11.7 Å². The fraction of sp³-hybridized carbons (Fsp3) is 0.455. The van der Waals surface area contributed by atoms with E-state index in [0.717, 1.165) is 18.7 Å². The second kappa shape index (κ2) is 3.50. The van der Waals surface area contributed by atoms with E-state index in [-0.39, 0.29) is 5.75 Å². The van der Waals surface area contributed by atoms with E-state index in [4.69, 9.17) is 10.5 Å².